The van der Waals surface area contributed by atoms with E-state index in [9.17, 15) is 5.11 Å². The lowest BCUT2D eigenvalue weighted by Gasteiger charge is -2.27. The molecule has 2 aliphatic rings. The van der Waals surface area contributed by atoms with Crippen LogP contribution < -0.4 is 4.90 Å². The van der Waals surface area contributed by atoms with Gasteiger partial charge in [0, 0.05) is 39.7 Å². The first kappa shape index (κ1) is 38.0. The maximum atomic E-state index is 10.7. The van der Waals surface area contributed by atoms with Crippen LogP contribution in [-0.4, -0.2) is 20.1 Å². The van der Waals surface area contributed by atoms with Crippen molar-refractivity contribution in [2.24, 2.45) is 5.92 Å². The molecule has 1 aliphatic heterocycles. The van der Waals surface area contributed by atoms with Crippen molar-refractivity contribution < 1.29 is 5.11 Å². The highest BCUT2D eigenvalue weighted by Crippen LogP contribution is 2.40. The molecule has 1 unspecified atom stereocenters. The standard InChI is InChI=1S/C43H42N4O.2C2H6/c1-42(2,3)33-20-14-28(15-21-33)39-44-40(29-16-22-34(23-17-29)43(4,5)6)46-41(45-39)30-18-24-35(25-19-30)47-36-11-9-13-38(48)32(27-36)26-31-10-7-8-12-37(31)47;2*1-2/h7-25,27,32,48H,26H2,1-6H3;2*1-2H3. The van der Waals surface area contributed by atoms with Gasteiger partial charge < -0.3 is 10.0 Å². The fourth-order valence-corrected chi connectivity index (χ4v) is 6.36. The largest absolute Gasteiger partial charge is 0.512 e. The van der Waals surface area contributed by atoms with Crippen molar-refractivity contribution in [2.45, 2.75) is 86.5 Å². The number of fused-ring (bicyclic) bond motifs is 2. The monoisotopic (exact) mass is 690 g/mol. The first-order chi connectivity index (χ1) is 24.9. The van der Waals surface area contributed by atoms with Crippen LogP contribution in [-0.2, 0) is 17.3 Å². The van der Waals surface area contributed by atoms with Crippen LogP contribution in [0.4, 0.5) is 11.4 Å². The summed E-state index contributed by atoms with van der Waals surface area (Å²) in [5.74, 6) is 2.23. The van der Waals surface area contributed by atoms with Gasteiger partial charge in [0.15, 0.2) is 17.5 Å². The molecule has 1 aromatic heterocycles. The summed E-state index contributed by atoms with van der Waals surface area (Å²) in [4.78, 5) is 17.3. The lowest BCUT2D eigenvalue weighted by atomic mass is 9.86. The van der Waals surface area contributed by atoms with Gasteiger partial charge in [-0.05, 0) is 82.5 Å². The van der Waals surface area contributed by atoms with Gasteiger partial charge in [-0.3, -0.25) is 0 Å². The molecule has 0 spiro atoms. The Morgan fingerprint density at radius 2 is 1.04 bits per heavy atom. The number of aliphatic hydroxyl groups is 1. The summed E-state index contributed by atoms with van der Waals surface area (Å²) in [6.07, 6.45) is 8.68. The van der Waals surface area contributed by atoms with Crippen molar-refractivity contribution in [3.8, 4) is 34.2 Å². The summed E-state index contributed by atoms with van der Waals surface area (Å²) < 4.78 is 0. The Morgan fingerprint density at radius 1 is 0.596 bits per heavy atom. The molecule has 52 heavy (non-hydrogen) atoms. The van der Waals surface area contributed by atoms with Crippen LogP contribution in [0.2, 0.25) is 0 Å². The summed E-state index contributed by atoms with van der Waals surface area (Å²) >= 11 is 0. The third kappa shape index (κ3) is 8.26. The van der Waals surface area contributed by atoms with Crippen LogP contribution >= 0.6 is 0 Å². The highest BCUT2D eigenvalue weighted by molar-refractivity contribution is 5.76. The van der Waals surface area contributed by atoms with E-state index in [1.165, 1.54) is 16.7 Å². The molecule has 5 aromatic rings. The zero-order chi connectivity index (χ0) is 37.6. The molecule has 0 fully saturated rings. The Labute approximate surface area is 311 Å². The van der Waals surface area contributed by atoms with Crippen molar-refractivity contribution in [3.05, 3.63) is 150 Å². The van der Waals surface area contributed by atoms with Gasteiger partial charge in [-0.2, -0.15) is 0 Å². The second-order valence-electron chi connectivity index (χ2n) is 14.8. The normalized spacial score (nSPS) is 15.0. The molecule has 2 bridgehead atoms. The number of allylic oxidation sites excluding steroid dienone is 4. The second-order valence-corrected chi connectivity index (χ2v) is 14.8. The minimum atomic E-state index is -0.0718. The molecular formula is C47H54N4O. The quantitative estimate of drug-likeness (QED) is 0.203. The Balaban J connectivity index is 0.00000126. The van der Waals surface area contributed by atoms with Crippen LogP contribution in [0.1, 0.15) is 85.9 Å². The summed E-state index contributed by atoms with van der Waals surface area (Å²) in [5.41, 5.74) is 9.81. The van der Waals surface area contributed by atoms with Crippen molar-refractivity contribution >= 4 is 11.4 Å². The second kappa shape index (κ2) is 15.9. The molecule has 5 nitrogen and oxygen atoms in total. The van der Waals surface area contributed by atoms with Gasteiger partial charge in [-0.15, -0.1) is 0 Å². The Bertz CT molecular complexity index is 1980. The number of nitrogens with zero attached hydrogens (tertiary/aromatic N) is 4. The van der Waals surface area contributed by atoms with Gasteiger partial charge in [0.1, 0.15) is 0 Å². The summed E-state index contributed by atoms with van der Waals surface area (Å²) in [7, 11) is 0. The zero-order valence-corrected chi connectivity index (χ0v) is 32.6. The van der Waals surface area contributed by atoms with Crippen LogP contribution in [0.25, 0.3) is 34.2 Å². The molecule has 4 aromatic carbocycles. The van der Waals surface area contributed by atoms with E-state index in [2.05, 4.69) is 156 Å². The minimum Gasteiger partial charge on any atom is -0.512 e. The number of rotatable bonds is 4. The molecule has 0 radical (unpaired) electrons. The Kier molecular flexibility index (Phi) is 11.6. The van der Waals surface area contributed by atoms with Crippen LogP contribution in [0, 0.1) is 5.92 Å². The van der Waals surface area contributed by atoms with E-state index in [4.69, 9.17) is 15.0 Å². The fourth-order valence-electron chi connectivity index (χ4n) is 6.36. The average Bonchev–Trinajstić information content (AvgIpc) is 3.44. The number of aliphatic hydroxyl groups excluding tert-OH is 1. The average molecular weight is 691 g/mol. The number of hydrogen-bond donors (Lipinski definition) is 1. The first-order valence-electron chi connectivity index (χ1n) is 18.7. The van der Waals surface area contributed by atoms with Gasteiger partial charge >= 0.3 is 0 Å². The van der Waals surface area contributed by atoms with E-state index < -0.39 is 0 Å². The maximum absolute atomic E-state index is 10.7. The van der Waals surface area contributed by atoms with E-state index in [0.717, 1.165) is 40.2 Å². The smallest absolute Gasteiger partial charge is 0.164 e. The molecule has 1 N–H and O–H groups in total. The Hall–Kier alpha value is -5.29. The van der Waals surface area contributed by atoms with Crippen LogP contribution in [0.3, 0.4) is 0 Å². The molecule has 2 heterocycles. The van der Waals surface area contributed by atoms with Crippen LogP contribution in [0.15, 0.2) is 133 Å². The number of hydrogen-bond acceptors (Lipinski definition) is 5. The van der Waals surface area contributed by atoms with Crippen molar-refractivity contribution in [1.29, 1.82) is 0 Å². The van der Waals surface area contributed by atoms with Crippen molar-refractivity contribution in [1.82, 2.24) is 15.0 Å². The summed E-state index contributed by atoms with van der Waals surface area (Å²) in [6, 6.07) is 34.0. The summed E-state index contributed by atoms with van der Waals surface area (Å²) in [5, 5.41) is 10.7. The molecule has 5 heteroatoms. The fraction of sp³-hybridized carbons (Fsp3) is 0.298. The van der Waals surface area contributed by atoms with Gasteiger partial charge in [0.05, 0.1) is 5.76 Å². The summed E-state index contributed by atoms with van der Waals surface area (Å²) in [6.45, 7) is 21.3. The van der Waals surface area contributed by atoms with Crippen LogP contribution in [0.5, 0.6) is 0 Å². The third-order valence-corrected chi connectivity index (χ3v) is 9.25. The van der Waals surface area contributed by atoms with Gasteiger partial charge in [-0.25, -0.2) is 15.0 Å². The molecule has 0 saturated carbocycles. The van der Waals surface area contributed by atoms with Gasteiger partial charge in [0.25, 0.3) is 0 Å². The molecule has 1 aliphatic carbocycles. The predicted octanol–water partition coefficient (Wildman–Crippen LogP) is 12.7. The molecule has 0 amide bonds. The molecular weight excluding hydrogens is 637 g/mol. The topological polar surface area (TPSA) is 62.1 Å². The minimum absolute atomic E-state index is 0.0543. The Morgan fingerprint density at radius 3 is 1.50 bits per heavy atom. The number of aromatic nitrogens is 3. The van der Waals surface area contributed by atoms with Gasteiger partial charge in [0.2, 0.25) is 0 Å². The lowest BCUT2D eigenvalue weighted by Crippen LogP contribution is -2.15. The van der Waals surface area contributed by atoms with E-state index in [1.807, 2.05) is 33.8 Å². The maximum Gasteiger partial charge on any atom is 0.164 e. The highest BCUT2D eigenvalue weighted by atomic mass is 16.3. The van der Waals surface area contributed by atoms with Crippen molar-refractivity contribution in [2.75, 3.05) is 4.90 Å². The molecule has 268 valence electrons. The SMILES string of the molecule is CC.CC.CC(C)(C)c1ccc(-c2nc(-c3ccc(N4C5=CC(Cc6ccccc64)C(O)=CC=C5)cc3)nc(-c3ccc(C(C)(C)C)cc3)n2)cc1. The number of benzene rings is 4. The van der Waals surface area contributed by atoms with E-state index in [0.29, 0.717) is 23.2 Å². The van der Waals surface area contributed by atoms with E-state index >= 15 is 0 Å². The van der Waals surface area contributed by atoms with Crippen molar-refractivity contribution in [3.63, 3.8) is 0 Å². The zero-order valence-electron chi connectivity index (χ0n) is 32.6. The third-order valence-electron chi connectivity index (χ3n) is 9.25. The predicted molar refractivity (Wildman–Crippen MR) is 220 cm³/mol. The molecule has 7 rings (SSSR count). The van der Waals surface area contributed by atoms with E-state index in [-0.39, 0.29) is 16.7 Å². The number of anilines is 2. The molecule has 0 saturated heterocycles. The van der Waals surface area contributed by atoms with Gasteiger partial charge in [-0.1, -0.05) is 142 Å². The lowest BCUT2D eigenvalue weighted by molar-refractivity contribution is 0.356. The van der Waals surface area contributed by atoms with E-state index in [1.54, 1.807) is 6.08 Å². The highest BCUT2D eigenvalue weighted by Gasteiger charge is 2.26. The first-order valence-corrected chi connectivity index (χ1v) is 18.7. The number of para-hydroxylation sites is 1. The molecule has 1 atom stereocenters.